The van der Waals surface area contributed by atoms with Gasteiger partial charge in [-0.25, -0.2) is 0 Å². The summed E-state index contributed by atoms with van der Waals surface area (Å²) in [4.78, 5) is 10.9. The van der Waals surface area contributed by atoms with Crippen LogP contribution in [0.3, 0.4) is 0 Å². The van der Waals surface area contributed by atoms with Gasteiger partial charge >= 0.3 is 5.97 Å². The van der Waals surface area contributed by atoms with Crippen molar-refractivity contribution >= 4 is 5.97 Å². The van der Waals surface area contributed by atoms with Crippen LogP contribution in [0.2, 0.25) is 0 Å². The third-order valence-corrected chi connectivity index (χ3v) is 4.86. The summed E-state index contributed by atoms with van der Waals surface area (Å²) < 4.78 is 0. The average molecular weight is 380 g/mol. The molecular weight excluding hydrogens is 352 g/mol. The molecule has 0 aliphatic carbocycles. The molecule has 6 nitrogen and oxygen atoms in total. The van der Waals surface area contributed by atoms with Gasteiger partial charge in [-0.2, -0.15) is 5.26 Å². The van der Waals surface area contributed by atoms with Crippen LogP contribution < -0.4 is 16.0 Å². The van der Waals surface area contributed by atoms with Crippen LogP contribution in [0, 0.1) is 11.3 Å². The van der Waals surface area contributed by atoms with E-state index in [4.69, 9.17) is 10.4 Å². The number of carboxylic acids is 1. The number of carboxylic acid groups (broad SMARTS) is 1. The smallest absolute Gasteiger partial charge is 0.307 e. The van der Waals surface area contributed by atoms with Crippen molar-refractivity contribution in [2.45, 2.75) is 38.3 Å². The molecule has 1 unspecified atom stereocenters. The van der Waals surface area contributed by atoms with E-state index in [1.54, 1.807) is 0 Å². The van der Waals surface area contributed by atoms with Crippen LogP contribution in [-0.4, -0.2) is 36.2 Å². The van der Waals surface area contributed by atoms with Crippen LogP contribution in [0.4, 0.5) is 0 Å². The highest BCUT2D eigenvalue weighted by Crippen LogP contribution is 2.19. The molecule has 0 aromatic heterocycles. The SMILES string of the molecule is C=C1NC[C@H]([C@H](NCC(C)c2cccc(CC(=O)O)c2)C(=C)C)N/C1=C\C#N. The van der Waals surface area contributed by atoms with Crippen molar-refractivity contribution in [1.29, 1.82) is 5.26 Å². The minimum absolute atomic E-state index is 0.00680. The van der Waals surface area contributed by atoms with Gasteiger partial charge in [-0.15, -0.1) is 0 Å². The first-order chi connectivity index (χ1) is 13.3. The minimum Gasteiger partial charge on any atom is -0.481 e. The highest BCUT2D eigenvalue weighted by atomic mass is 16.4. The molecule has 0 saturated carbocycles. The van der Waals surface area contributed by atoms with E-state index in [-0.39, 0.29) is 24.4 Å². The lowest BCUT2D eigenvalue weighted by atomic mass is 9.95. The molecule has 28 heavy (non-hydrogen) atoms. The van der Waals surface area contributed by atoms with Gasteiger partial charge in [-0.05, 0) is 24.0 Å². The molecule has 1 aliphatic heterocycles. The van der Waals surface area contributed by atoms with Gasteiger partial charge in [-0.3, -0.25) is 4.79 Å². The van der Waals surface area contributed by atoms with E-state index >= 15 is 0 Å². The summed E-state index contributed by atoms with van der Waals surface area (Å²) in [6.07, 6.45) is 1.48. The highest BCUT2D eigenvalue weighted by molar-refractivity contribution is 5.70. The molecule has 1 saturated heterocycles. The summed E-state index contributed by atoms with van der Waals surface area (Å²) in [5.74, 6) is -0.625. The summed E-state index contributed by atoms with van der Waals surface area (Å²) >= 11 is 0. The fourth-order valence-electron chi connectivity index (χ4n) is 3.33. The number of nitrogens with one attached hydrogen (secondary N) is 3. The Morgan fingerprint density at radius 1 is 1.54 bits per heavy atom. The van der Waals surface area contributed by atoms with Crippen molar-refractivity contribution in [1.82, 2.24) is 16.0 Å². The molecule has 1 aromatic rings. The zero-order valence-corrected chi connectivity index (χ0v) is 16.5. The Labute approximate surface area is 166 Å². The second-order valence-corrected chi connectivity index (χ2v) is 7.25. The third kappa shape index (κ3) is 5.73. The molecule has 1 aromatic carbocycles. The summed E-state index contributed by atoms with van der Waals surface area (Å²) in [5.41, 5.74) is 4.30. The minimum atomic E-state index is -0.830. The quantitative estimate of drug-likeness (QED) is 0.409. The molecule has 2 rings (SSSR count). The van der Waals surface area contributed by atoms with E-state index in [0.717, 1.165) is 16.7 Å². The fourth-order valence-corrected chi connectivity index (χ4v) is 3.33. The molecule has 0 bridgehead atoms. The Bertz CT molecular complexity index is 822. The largest absolute Gasteiger partial charge is 0.481 e. The number of aliphatic carboxylic acids is 1. The van der Waals surface area contributed by atoms with Gasteiger partial charge in [-0.1, -0.05) is 49.9 Å². The van der Waals surface area contributed by atoms with Crippen LogP contribution in [0.25, 0.3) is 0 Å². The first-order valence-corrected chi connectivity index (χ1v) is 9.30. The fraction of sp³-hybridized carbons (Fsp3) is 0.364. The lowest BCUT2D eigenvalue weighted by molar-refractivity contribution is -0.136. The Kier molecular flexibility index (Phi) is 7.42. The van der Waals surface area contributed by atoms with Crippen molar-refractivity contribution in [2.75, 3.05) is 13.1 Å². The van der Waals surface area contributed by atoms with Crippen LogP contribution in [0.15, 0.2) is 60.5 Å². The Morgan fingerprint density at radius 2 is 2.29 bits per heavy atom. The summed E-state index contributed by atoms with van der Waals surface area (Å²) in [6, 6.07) is 9.79. The van der Waals surface area contributed by atoms with Gasteiger partial charge < -0.3 is 21.1 Å². The van der Waals surface area contributed by atoms with Gasteiger partial charge in [0.15, 0.2) is 0 Å². The maximum atomic E-state index is 10.9. The first-order valence-electron chi connectivity index (χ1n) is 9.30. The lowest BCUT2D eigenvalue weighted by Crippen LogP contribution is -2.56. The number of benzene rings is 1. The van der Waals surface area contributed by atoms with Crippen molar-refractivity contribution < 1.29 is 9.90 Å². The van der Waals surface area contributed by atoms with E-state index in [2.05, 4.69) is 36.0 Å². The molecule has 1 aliphatic rings. The van der Waals surface area contributed by atoms with Crippen LogP contribution >= 0.6 is 0 Å². The number of carbonyl (C=O) groups is 1. The van der Waals surface area contributed by atoms with Crippen LogP contribution in [-0.2, 0) is 11.2 Å². The molecule has 1 heterocycles. The second-order valence-electron chi connectivity index (χ2n) is 7.25. The van der Waals surface area contributed by atoms with Crippen LogP contribution in [0.5, 0.6) is 0 Å². The van der Waals surface area contributed by atoms with Gasteiger partial charge in [0.1, 0.15) is 0 Å². The van der Waals surface area contributed by atoms with Gasteiger partial charge in [0.25, 0.3) is 0 Å². The second kappa shape index (κ2) is 9.77. The summed E-state index contributed by atoms with van der Waals surface area (Å²) in [6.45, 7) is 13.5. The topological polar surface area (TPSA) is 97.2 Å². The molecule has 6 heteroatoms. The van der Waals surface area contributed by atoms with Crippen molar-refractivity contribution in [3.63, 3.8) is 0 Å². The Hall–Kier alpha value is -3.04. The molecule has 0 amide bonds. The molecule has 0 radical (unpaired) electrons. The number of hydrogen-bond acceptors (Lipinski definition) is 5. The van der Waals surface area contributed by atoms with E-state index in [1.165, 1.54) is 6.08 Å². The maximum absolute atomic E-state index is 10.9. The first kappa shape index (κ1) is 21.3. The molecule has 0 spiro atoms. The zero-order valence-electron chi connectivity index (χ0n) is 16.5. The van der Waals surface area contributed by atoms with Crippen molar-refractivity contribution in [3.8, 4) is 6.07 Å². The van der Waals surface area contributed by atoms with E-state index in [1.807, 2.05) is 37.3 Å². The van der Waals surface area contributed by atoms with Crippen molar-refractivity contribution in [3.05, 3.63) is 71.6 Å². The number of piperazine rings is 1. The monoisotopic (exact) mass is 380 g/mol. The van der Waals surface area contributed by atoms with E-state index in [9.17, 15) is 4.79 Å². The number of allylic oxidation sites excluding steroid dienone is 1. The van der Waals surface area contributed by atoms with Gasteiger partial charge in [0.05, 0.1) is 29.9 Å². The standard InChI is InChI=1S/C22H28N4O2/c1-14(2)22(20-13-24-16(4)19(26-20)8-9-23)25-12-15(3)18-7-5-6-17(10-18)11-21(27)28/h5-8,10,15,20,22,24-26H,1,4,11-13H2,2-3H3,(H,27,28)/b19-8-/t15?,20-,22-/m1/s1. The molecule has 1 fully saturated rings. The van der Waals surface area contributed by atoms with E-state index < -0.39 is 5.97 Å². The Balaban J connectivity index is 2.04. The number of hydrogen-bond donors (Lipinski definition) is 4. The van der Waals surface area contributed by atoms with Gasteiger partial charge in [0.2, 0.25) is 0 Å². The highest BCUT2D eigenvalue weighted by Gasteiger charge is 2.27. The summed E-state index contributed by atoms with van der Waals surface area (Å²) in [7, 11) is 0. The number of nitriles is 1. The lowest BCUT2D eigenvalue weighted by Gasteiger charge is -2.36. The Morgan fingerprint density at radius 3 is 2.93 bits per heavy atom. The normalized spacial score (nSPS) is 19.8. The average Bonchev–Trinajstić information content (AvgIpc) is 2.63. The van der Waals surface area contributed by atoms with Crippen molar-refractivity contribution in [2.24, 2.45) is 0 Å². The van der Waals surface area contributed by atoms with Crippen LogP contribution in [0.1, 0.15) is 30.9 Å². The predicted octanol–water partition coefficient (Wildman–Crippen LogP) is 2.43. The number of rotatable bonds is 8. The molecule has 3 atom stereocenters. The maximum Gasteiger partial charge on any atom is 0.307 e. The zero-order chi connectivity index (χ0) is 20.7. The molecular formula is C22H28N4O2. The molecule has 148 valence electrons. The predicted molar refractivity (Wildman–Crippen MR) is 111 cm³/mol. The third-order valence-electron chi connectivity index (χ3n) is 4.86. The summed E-state index contributed by atoms with van der Waals surface area (Å²) in [5, 5.41) is 28.1. The van der Waals surface area contributed by atoms with E-state index in [0.29, 0.717) is 24.5 Å². The molecule has 4 N–H and O–H groups in total. The number of nitrogens with zero attached hydrogens (tertiary/aromatic N) is 1. The van der Waals surface area contributed by atoms with Gasteiger partial charge in [0, 0.05) is 25.2 Å².